The van der Waals surface area contributed by atoms with Crippen molar-refractivity contribution >= 4 is 5.69 Å². The third kappa shape index (κ3) is 2.84. The van der Waals surface area contributed by atoms with Crippen LogP contribution in [-0.4, -0.2) is 18.3 Å². The van der Waals surface area contributed by atoms with Gasteiger partial charge in [0.25, 0.3) is 0 Å². The molecule has 5 nitrogen and oxygen atoms in total. The summed E-state index contributed by atoms with van der Waals surface area (Å²) in [4.78, 5) is 0. The van der Waals surface area contributed by atoms with Crippen LogP contribution in [-0.2, 0) is 0 Å². The van der Waals surface area contributed by atoms with Crippen LogP contribution < -0.4 is 14.8 Å². The van der Waals surface area contributed by atoms with Crippen molar-refractivity contribution in [2.24, 2.45) is 0 Å². The maximum Gasteiger partial charge on any atom is 0.174 e. The second-order valence-corrected chi connectivity index (χ2v) is 4.70. The van der Waals surface area contributed by atoms with Crippen LogP contribution in [0.4, 0.5) is 5.69 Å². The fourth-order valence-electron chi connectivity index (χ4n) is 2.28. The summed E-state index contributed by atoms with van der Waals surface area (Å²) in [6.45, 7) is 0.561. The minimum atomic E-state index is 0.0418. The predicted octanol–water partition coefficient (Wildman–Crippen LogP) is 2.84. The minimum Gasteiger partial charge on any atom is -0.508 e. The Hall–Kier alpha value is -2.87. The summed E-state index contributed by atoms with van der Waals surface area (Å²) in [5.74, 6) is 1.57. The van der Waals surface area contributed by atoms with Gasteiger partial charge in [0.15, 0.2) is 6.61 Å². The lowest BCUT2D eigenvalue weighted by atomic mass is 10.1. The Kier molecular flexibility index (Phi) is 3.52. The van der Waals surface area contributed by atoms with Crippen molar-refractivity contribution in [1.29, 1.82) is 5.26 Å². The number of benzene rings is 2. The van der Waals surface area contributed by atoms with E-state index in [0.29, 0.717) is 18.1 Å². The van der Waals surface area contributed by atoms with E-state index >= 15 is 0 Å². The molecule has 0 saturated heterocycles. The molecule has 0 fully saturated rings. The Bertz CT molecular complexity index is 677. The second-order valence-electron chi connectivity index (χ2n) is 4.70. The van der Waals surface area contributed by atoms with Gasteiger partial charge in [-0.3, -0.25) is 0 Å². The summed E-state index contributed by atoms with van der Waals surface area (Å²) in [7, 11) is 0. The maximum atomic E-state index is 9.44. The van der Waals surface area contributed by atoms with E-state index in [9.17, 15) is 5.11 Å². The highest BCUT2D eigenvalue weighted by atomic mass is 16.5. The first-order valence-corrected chi connectivity index (χ1v) is 6.58. The van der Waals surface area contributed by atoms with Gasteiger partial charge in [0.2, 0.25) is 0 Å². The van der Waals surface area contributed by atoms with Crippen molar-refractivity contribution in [2.45, 2.75) is 6.04 Å². The number of aromatic hydroxyl groups is 1. The van der Waals surface area contributed by atoms with Crippen molar-refractivity contribution in [1.82, 2.24) is 0 Å². The quantitative estimate of drug-likeness (QED) is 0.902. The summed E-state index contributed by atoms with van der Waals surface area (Å²) >= 11 is 0. The van der Waals surface area contributed by atoms with Crippen molar-refractivity contribution < 1.29 is 14.6 Å². The fourth-order valence-corrected chi connectivity index (χ4v) is 2.28. The molecule has 2 N–H and O–H groups in total. The molecule has 3 rings (SSSR count). The topological polar surface area (TPSA) is 74.5 Å². The van der Waals surface area contributed by atoms with Gasteiger partial charge >= 0.3 is 0 Å². The molecule has 5 heteroatoms. The zero-order valence-electron chi connectivity index (χ0n) is 11.2. The number of rotatable bonds is 4. The van der Waals surface area contributed by atoms with E-state index in [1.807, 2.05) is 36.4 Å². The predicted molar refractivity (Wildman–Crippen MR) is 77.5 cm³/mol. The lowest BCUT2D eigenvalue weighted by Crippen LogP contribution is -2.11. The fraction of sp³-hybridized carbons (Fsp3) is 0.188. The van der Waals surface area contributed by atoms with Crippen molar-refractivity contribution in [3.8, 4) is 23.3 Å². The number of nitriles is 1. The molecule has 0 saturated carbocycles. The third-order valence-electron chi connectivity index (χ3n) is 3.28. The Balaban J connectivity index is 1.70. The summed E-state index contributed by atoms with van der Waals surface area (Å²) in [5.41, 5.74) is 1.96. The molecule has 1 unspecified atom stereocenters. The molecule has 0 bridgehead atoms. The first-order chi connectivity index (χ1) is 10.3. The average Bonchev–Trinajstić information content (AvgIpc) is 2.88. The van der Waals surface area contributed by atoms with E-state index in [0.717, 1.165) is 11.3 Å². The van der Waals surface area contributed by atoms with Crippen LogP contribution in [0, 0.1) is 11.3 Å². The van der Waals surface area contributed by atoms with Crippen LogP contribution in [0.2, 0.25) is 0 Å². The SMILES string of the molecule is N#CCOc1ccc(NC2COc3cc(O)ccc32)cc1. The largest absolute Gasteiger partial charge is 0.508 e. The lowest BCUT2D eigenvalue weighted by molar-refractivity contribution is 0.338. The Morgan fingerprint density at radius 2 is 2.10 bits per heavy atom. The van der Waals surface area contributed by atoms with E-state index in [4.69, 9.17) is 14.7 Å². The molecule has 21 heavy (non-hydrogen) atoms. The van der Waals surface area contributed by atoms with E-state index < -0.39 is 0 Å². The van der Waals surface area contributed by atoms with Gasteiger partial charge in [-0.1, -0.05) is 0 Å². The van der Waals surface area contributed by atoms with Crippen LogP contribution >= 0.6 is 0 Å². The van der Waals surface area contributed by atoms with Crippen molar-refractivity contribution in [2.75, 3.05) is 18.5 Å². The van der Waals surface area contributed by atoms with Gasteiger partial charge in [0.1, 0.15) is 29.9 Å². The molecule has 1 atom stereocenters. The number of phenolic OH excluding ortho intramolecular Hbond substituents is 1. The average molecular weight is 282 g/mol. The van der Waals surface area contributed by atoms with Crippen LogP contribution in [0.1, 0.15) is 11.6 Å². The van der Waals surface area contributed by atoms with Crippen LogP contribution in [0.3, 0.4) is 0 Å². The summed E-state index contributed by atoms with van der Waals surface area (Å²) in [6.07, 6.45) is 0. The number of ether oxygens (including phenoxy) is 2. The molecule has 1 aliphatic rings. The van der Waals surface area contributed by atoms with Crippen molar-refractivity contribution in [3.63, 3.8) is 0 Å². The van der Waals surface area contributed by atoms with Gasteiger partial charge in [-0.05, 0) is 36.4 Å². The van der Waals surface area contributed by atoms with Gasteiger partial charge in [0, 0.05) is 17.3 Å². The van der Waals surface area contributed by atoms with Gasteiger partial charge in [-0.15, -0.1) is 0 Å². The van der Waals surface area contributed by atoms with Crippen LogP contribution in [0.15, 0.2) is 42.5 Å². The number of anilines is 1. The molecule has 0 radical (unpaired) electrons. The third-order valence-corrected chi connectivity index (χ3v) is 3.28. The molecule has 0 amide bonds. The van der Waals surface area contributed by atoms with Crippen LogP contribution in [0.25, 0.3) is 0 Å². The first-order valence-electron chi connectivity index (χ1n) is 6.58. The minimum absolute atomic E-state index is 0.0418. The monoisotopic (exact) mass is 282 g/mol. The van der Waals surface area contributed by atoms with E-state index in [2.05, 4.69) is 5.32 Å². The zero-order valence-corrected chi connectivity index (χ0v) is 11.2. The first kappa shape index (κ1) is 13.1. The molecule has 1 aliphatic heterocycles. The highest BCUT2D eigenvalue weighted by Gasteiger charge is 2.24. The summed E-state index contributed by atoms with van der Waals surface area (Å²) < 4.78 is 10.8. The number of nitrogens with zero attached hydrogens (tertiary/aromatic N) is 1. The number of hydrogen-bond acceptors (Lipinski definition) is 5. The number of hydrogen-bond donors (Lipinski definition) is 2. The Morgan fingerprint density at radius 3 is 2.86 bits per heavy atom. The van der Waals surface area contributed by atoms with Gasteiger partial charge in [0.05, 0.1) is 6.04 Å². The molecule has 1 heterocycles. The summed E-state index contributed by atoms with van der Waals surface area (Å²) in [6, 6.07) is 14.5. The van der Waals surface area contributed by atoms with E-state index in [1.165, 1.54) is 0 Å². The molecule has 2 aromatic rings. The number of nitrogens with one attached hydrogen (secondary N) is 1. The molecule has 0 aliphatic carbocycles. The standard InChI is InChI=1S/C16H14N2O3/c17-7-8-20-13-4-1-11(2-5-13)18-15-10-21-16-9-12(19)3-6-14(15)16/h1-6,9,15,18-19H,8,10H2. The molecular formula is C16H14N2O3. The molecule has 0 spiro atoms. The molecule has 106 valence electrons. The van der Waals surface area contributed by atoms with Crippen molar-refractivity contribution in [3.05, 3.63) is 48.0 Å². The molecule has 0 aromatic heterocycles. The highest BCUT2D eigenvalue weighted by Crippen LogP contribution is 2.36. The number of phenols is 1. The smallest absolute Gasteiger partial charge is 0.174 e. The second kappa shape index (κ2) is 5.63. The van der Waals surface area contributed by atoms with E-state index in [1.54, 1.807) is 12.1 Å². The normalized spacial score (nSPS) is 15.7. The lowest BCUT2D eigenvalue weighted by Gasteiger charge is -2.13. The van der Waals surface area contributed by atoms with Crippen LogP contribution in [0.5, 0.6) is 17.2 Å². The van der Waals surface area contributed by atoms with Gasteiger partial charge < -0.3 is 19.9 Å². The molecular weight excluding hydrogens is 268 g/mol. The van der Waals surface area contributed by atoms with Gasteiger partial charge in [-0.25, -0.2) is 0 Å². The maximum absolute atomic E-state index is 9.44. The summed E-state index contributed by atoms with van der Waals surface area (Å²) in [5, 5.41) is 21.3. The van der Waals surface area contributed by atoms with E-state index in [-0.39, 0.29) is 18.4 Å². The highest BCUT2D eigenvalue weighted by molar-refractivity contribution is 5.52. The molecule has 2 aromatic carbocycles. The number of fused-ring (bicyclic) bond motifs is 1. The Morgan fingerprint density at radius 1 is 1.29 bits per heavy atom. The Labute approximate surface area is 122 Å². The zero-order chi connectivity index (χ0) is 14.7. The van der Waals surface area contributed by atoms with Gasteiger partial charge in [-0.2, -0.15) is 5.26 Å².